The van der Waals surface area contributed by atoms with Gasteiger partial charge in [0, 0.05) is 19.3 Å². The summed E-state index contributed by atoms with van der Waals surface area (Å²) in [5, 5.41) is 0. The van der Waals surface area contributed by atoms with Crippen molar-refractivity contribution in [2.75, 3.05) is 13.2 Å². The van der Waals surface area contributed by atoms with E-state index in [0.29, 0.717) is 19.3 Å². The first-order valence-corrected chi connectivity index (χ1v) is 32.1. The van der Waals surface area contributed by atoms with E-state index < -0.39 is 6.10 Å². The van der Waals surface area contributed by atoms with Crippen LogP contribution in [0.4, 0.5) is 0 Å². The minimum Gasteiger partial charge on any atom is -0.462 e. The van der Waals surface area contributed by atoms with Gasteiger partial charge in [-0.05, 0) is 96.3 Å². The van der Waals surface area contributed by atoms with E-state index in [-0.39, 0.29) is 31.1 Å². The van der Waals surface area contributed by atoms with Crippen LogP contribution in [-0.4, -0.2) is 37.2 Å². The Bertz CT molecular complexity index is 1430. The fourth-order valence-corrected chi connectivity index (χ4v) is 9.09. The van der Waals surface area contributed by atoms with E-state index in [1.807, 2.05) is 0 Å². The molecular formula is C69H120O6. The third-order valence-electron chi connectivity index (χ3n) is 13.9. The highest BCUT2D eigenvalue weighted by atomic mass is 16.6. The molecule has 0 N–H and O–H groups in total. The van der Waals surface area contributed by atoms with Crippen molar-refractivity contribution >= 4 is 17.9 Å². The summed E-state index contributed by atoms with van der Waals surface area (Å²) in [5.74, 6) is -0.884. The zero-order valence-electron chi connectivity index (χ0n) is 49.6. The van der Waals surface area contributed by atoms with Crippen LogP contribution in [0.2, 0.25) is 0 Å². The van der Waals surface area contributed by atoms with E-state index in [9.17, 15) is 14.4 Å². The molecule has 0 saturated heterocycles. The smallest absolute Gasteiger partial charge is 0.306 e. The number of allylic oxidation sites excluding steroid dienone is 14. The summed E-state index contributed by atoms with van der Waals surface area (Å²) in [4.78, 5) is 37.9. The molecule has 1 atom stereocenters. The summed E-state index contributed by atoms with van der Waals surface area (Å²) in [6, 6.07) is 0. The van der Waals surface area contributed by atoms with Gasteiger partial charge in [-0.3, -0.25) is 14.4 Å². The molecule has 0 amide bonds. The van der Waals surface area contributed by atoms with Gasteiger partial charge in [0.1, 0.15) is 13.2 Å². The molecule has 0 bridgehead atoms. The van der Waals surface area contributed by atoms with Gasteiger partial charge in [-0.1, -0.05) is 286 Å². The van der Waals surface area contributed by atoms with Crippen LogP contribution in [-0.2, 0) is 28.6 Å². The molecule has 6 nitrogen and oxygen atoms in total. The maximum atomic E-state index is 12.8. The van der Waals surface area contributed by atoms with Crippen LogP contribution in [0.5, 0.6) is 0 Å². The van der Waals surface area contributed by atoms with Crippen molar-refractivity contribution in [3.63, 3.8) is 0 Å². The van der Waals surface area contributed by atoms with E-state index in [4.69, 9.17) is 14.2 Å². The highest BCUT2D eigenvalue weighted by Gasteiger charge is 2.19. The lowest BCUT2D eigenvalue weighted by molar-refractivity contribution is -0.167. The molecule has 0 saturated carbocycles. The molecule has 0 aliphatic rings. The maximum absolute atomic E-state index is 12.8. The SMILES string of the molecule is CC/C=C\C/C=C\C/C=C\C/C=C\CCCCCCCCCCCCCCCCC(=O)OCC(COC(=O)CCCCCCC)OC(=O)CCCCCCCCCCCC/C=C\C/C=C\C/C=C\CCCCCCC. The van der Waals surface area contributed by atoms with Crippen molar-refractivity contribution in [1.29, 1.82) is 0 Å². The first-order chi connectivity index (χ1) is 37.0. The Labute approximate surface area is 465 Å². The van der Waals surface area contributed by atoms with Gasteiger partial charge in [0.25, 0.3) is 0 Å². The van der Waals surface area contributed by atoms with Crippen LogP contribution >= 0.6 is 0 Å². The monoisotopic (exact) mass is 1040 g/mol. The van der Waals surface area contributed by atoms with Gasteiger partial charge in [-0.2, -0.15) is 0 Å². The van der Waals surface area contributed by atoms with E-state index in [1.165, 1.54) is 173 Å². The summed E-state index contributed by atoms with van der Waals surface area (Å²) >= 11 is 0. The highest BCUT2D eigenvalue weighted by Crippen LogP contribution is 2.16. The van der Waals surface area contributed by atoms with Crippen LogP contribution in [0.25, 0.3) is 0 Å². The molecule has 0 aliphatic carbocycles. The second-order valence-electron chi connectivity index (χ2n) is 21.3. The lowest BCUT2D eigenvalue weighted by Crippen LogP contribution is -2.30. The van der Waals surface area contributed by atoms with Crippen LogP contribution in [0, 0.1) is 0 Å². The molecule has 0 aromatic heterocycles. The van der Waals surface area contributed by atoms with E-state index in [0.717, 1.165) is 103 Å². The number of hydrogen-bond acceptors (Lipinski definition) is 6. The van der Waals surface area contributed by atoms with Gasteiger partial charge in [0.05, 0.1) is 0 Å². The Kier molecular flexibility index (Phi) is 60.3. The van der Waals surface area contributed by atoms with Gasteiger partial charge in [-0.25, -0.2) is 0 Å². The van der Waals surface area contributed by atoms with Crippen molar-refractivity contribution in [2.24, 2.45) is 0 Å². The van der Waals surface area contributed by atoms with Crippen molar-refractivity contribution in [2.45, 2.75) is 322 Å². The van der Waals surface area contributed by atoms with Crippen molar-refractivity contribution in [1.82, 2.24) is 0 Å². The van der Waals surface area contributed by atoms with Gasteiger partial charge in [0.15, 0.2) is 6.10 Å². The molecule has 0 aliphatic heterocycles. The Morgan fingerprint density at radius 1 is 0.280 bits per heavy atom. The minimum absolute atomic E-state index is 0.0764. The van der Waals surface area contributed by atoms with Crippen LogP contribution in [0.15, 0.2) is 85.1 Å². The predicted molar refractivity (Wildman–Crippen MR) is 325 cm³/mol. The van der Waals surface area contributed by atoms with Gasteiger partial charge in [-0.15, -0.1) is 0 Å². The molecule has 0 rings (SSSR count). The maximum Gasteiger partial charge on any atom is 0.306 e. The molecule has 75 heavy (non-hydrogen) atoms. The second-order valence-corrected chi connectivity index (χ2v) is 21.3. The molecule has 0 spiro atoms. The number of carbonyl (C=O) groups excluding carboxylic acids is 3. The molecule has 0 fully saturated rings. The molecule has 0 aromatic carbocycles. The summed E-state index contributed by atoms with van der Waals surface area (Å²) < 4.78 is 16.8. The fraction of sp³-hybridized carbons (Fsp3) is 0.754. The van der Waals surface area contributed by atoms with Crippen molar-refractivity contribution in [3.05, 3.63) is 85.1 Å². The van der Waals surface area contributed by atoms with E-state index in [2.05, 4.69) is 106 Å². The van der Waals surface area contributed by atoms with E-state index in [1.54, 1.807) is 0 Å². The summed E-state index contributed by atoms with van der Waals surface area (Å²) in [5.41, 5.74) is 0. The molecule has 0 aromatic rings. The zero-order chi connectivity index (χ0) is 54.3. The molecule has 6 heteroatoms. The Morgan fingerprint density at radius 3 is 0.813 bits per heavy atom. The topological polar surface area (TPSA) is 78.9 Å². The van der Waals surface area contributed by atoms with Crippen molar-refractivity contribution < 1.29 is 28.6 Å². The lowest BCUT2D eigenvalue weighted by Gasteiger charge is -2.18. The average Bonchev–Trinajstić information content (AvgIpc) is 3.41. The quantitative estimate of drug-likeness (QED) is 0.0261. The highest BCUT2D eigenvalue weighted by molar-refractivity contribution is 5.71. The number of unbranched alkanes of at least 4 members (excludes halogenated alkanes) is 33. The first kappa shape index (κ1) is 71.6. The Hall–Kier alpha value is -3.41. The first-order valence-electron chi connectivity index (χ1n) is 32.1. The Balaban J connectivity index is 4.04. The van der Waals surface area contributed by atoms with Gasteiger partial charge >= 0.3 is 17.9 Å². The standard InChI is InChI=1S/C69H120O6/c1-4-7-10-13-15-17-19-21-23-25-27-29-31-33-34-36-37-39-41-43-45-47-49-51-53-56-59-62-68(71)74-65-66(64-73-67(70)61-58-55-12-9-6-3)75-69(72)63-60-57-54-52-50-48-46-44-42-40-38-35-32-30-28-26-24-22-20-18-16-14-11-8-5-2/h7,10,15,17,20-23,26-29,32,35,66H,4-6,8-9,11-14,16,18-19,24-25,30-31,33-34,36-65H2,1-3H3/b10-7-,17-15-,22-20-,23-21-,28-26-,29-27-,35-32-. The number of ether oxygens (including phenoxy) is 3. The third-order valence-corrected chi connectivity index (χ3v) is 13.9. The molecule has 0 heterocycles. The largest absolute Gasteiger partial charge is 0.462 e. The normalized spacial score (nSPS) is 12.6. The number of esters is 3. The van der Waals surface area contributed by atoms with Crippen LogP contribution in [0.3, 0.4) is 0 Å². The molecule has 0 radical (unpaired) electrons. The number of carbonyl (C=O) groups is 3. The molecule has 1 unspecified atom stereocenters. The average molecular weight is 1050 g/mol. The number of hydrogen-bond donors (Lipinski definition) is 0. The predicted octanol–water partition coefficient (Wildman–Crippen LogP) is 21.9. The van der Waals surface area contributed by atoms with E-state index >= 15 is 0 Å². The second kappa shape index (κ2) is 63.1. The van der Waals surface area contributed by atoms with Crippen molar-refractivity contribution in [3.8, 4) is 0 Å². The fourth-order valence-electron chi connectivity index (χ4n) is 9.09. The summed E-state index contributed by atoms with van der Waals surface area (Å²) in [6.45, 7) is 6.46. The lowest BCUT2D eigenvalue weighted by atomic mass is 10.0. The Morgan fingerprint density at radius 2 is 0.520 bits per heavy atom. The van der Waals surface area contributed by atoms with Gasteiger partial charge < -0.3 is 14.2 Å². The third kappa shape index (κ3) is 61.3. The zero-order valence-corrected chi connectivity index (χ0v) is 49.6. The summed E-state index contributed by atoms with van der Waals surface area (Å²) in [6.07, 6.45) is 83.5. The number of rotatable bonds is 58. The summed E-state index contributed by atoms with van der Waals surface area (Å²) in [7, 11) is 0. The van der Waals surface area contributed by atoms with Gasteiger partial charge in [0.2, 0.25) is 0 Å². The minimum atomic E-state index is -0.775. The molecular weight excluding hydrogens is 925 g/mol. The van der Waals surface area contributed by atoms with Crippen LogP contribution in [0.1, 0.15) is 316 Å². The molecule has 432 valence electrons. The van der Waals surface area contributed by atoms with Crippen LogP contribution < -0.4 is 0 Å².